The molecule has 0 aliphatic carbocycles. The smallest absolute Gasteiger partial charge is 0.173 e. The second-order valence-electron chi connectivity index (χ2n) is 3.56. The maximum Gasteiger partial charge on any atom is 0.173 e. The SMILES string of the molecule is CS(=O)(=O)CCC(=O)c1cc2sccc2s1. The van der Waals surface area contributed by atoms with Crippen molar-refractivity contribution >= 4 is 47.7 Å². The van der Waals surface area contributed by atoms with Gasteiger partial charge in [0.2, 0.25) is 0 Å². The van der Waals surface area contributed by atoms with Crippen LogP contribution in [0.2, 0.25) is 0 Å². The highest BCUT2D eigenvalue weighted by Gasteiger charge is 2.13. The van der Waals surface area contributed by atoms with E-state index in [1.807, 2.05) is 17.5 Å². The largest absolute Gasteiger partial charge is 0.293 e. The van der Waals surface area contributed by atoms with Gasteiger partial charge in [0, 0.05) is 22.1 Å². The molecule has 2 aromatic rings. The van der Waals surface area contributed by atoms with Crippen molar-refractivity contribution in [3.63, 3.8) is 0 Å². The molecular weight excluding hydrogens is 264 g/mol. The van der Waals surface area contributed by atoms with Crippen molar-refractivity contribution in [3.05, 3.63) is 22.4 Å². The lowest BCUT2D eigenvalue weighted by Crippen LogP contribution is -2.08. The van der Waals surface area contributed by atoms with E-state index in [4.69, 9.17) is 0 Å². The standard InChI is InChI=1S/C10H10O3S3/c1-16(12,13)5-3-7(11)9-6-10-8(15-9)2-4-14-10/h2,4,6H,3,5H2,1H3. The molecule has 0 saturated carbocycles. The fraction of sp³-hybridized carbons (Fsp3) is 0.300. The van der Waals surface area contributed by atoms with Crippen molar-refractivity contribution in [2.24, 2.45) is 0 Å². The Bertz CT molecular complexity index is 590. The fourth-order valence-electron chi connectivity index (χ4n) is 1.30. The number of carbonyl (C=O) groups excluding carboxylic acids is 1. The van der Waals surface area contributed by atoms with E-state index in [1.54, 1.807) is 11.3 Å². The minimum absolute atomic E-state index is 0.0720. The number of thiophene rings is 2. The molecule has 0 saturated heterocycles. The van der Waals surface area contributed by atoms with E-state index in [2.05, 4.69) is 0 Å². The summed E-state index contributed by atoms with van der Waals surface area (Å²) in [6, 6.07) is 3.81. The van der Waals surface area contributed by atoms with E-state index in [-0.39, 0.29) is 18.0 Å². The first kappa shape index (κ1) is 11.8. The van der Waals surface area contributed by atoms with Crippen molar-refractivity contribution in [3.8, 4) is 0 Å². The number of sulfone groups is 1. The lowest BCUT2D eigenvalue weighted by atomic mass is 10.2. The zero-order valence-electron chi connectivity index (χ0n) is 8.60. The average Bonchev–Trinajstić information content (AvgIpc) is 2.71. The molecule has 86 valence electrons. The summed E-state index contributed by atoms with van der Waals surface area (Å²) in [5.41, 5.74) is 0. The van der Waals surface area contributed by atoms with Gasteiger partial charge in [-0.25, -0.2) is 8.42 Å². The Morgan fingerprint density at radius 3 is 2.75 bits per heavy atom. The van der Waals surface area contributed by atoms with Gasteiger partial charge in [-0.05, 0) is 17.5 Å². The van der Waals surface area contributed by atoms with E-state index >= 15 is 0 Å². The van der Waals surface area contributed by atoms with Crippen molar-refractivity contribution in [2.75, 3.05) is 12.0 Å². The zero-order valence-corrected chi connectivity index (χ0v) is 11.0. The normalized spacial score (nSPS) is 12.1. The summed E-state index contributed by atoms with van der Waals surface area (Å²) in [7, 11) is -3.06. The molecule has 2 heterocycles. The molecule has 0 radical (unpaired) electrons. The highest BCUT2D eigenvalue weighted by molar-refractivity contribution is 7.90. The van der Waals surface area contributed by atoms with Gasteiger partial charge in [-0.1, -0.05) is 0 Å². The van der Waals surface area contributed by atoms with Crippen LogP contribution in [0.3, 0.4) is 0 Å². The molecular formula is C10H10O3S3. The van der Waals surface area contributed by atoms with Gasteiger partial charge in [0.15, 0.2) is 5.78 Å². The number of Topliss-reactive ketones (excluding diaryl/α,β-unsaturated/α-hetero) is 1. The van der Waals surface area contributed by atoms with Crippen LogP contribution in [0.5, 0.6) is 0 Å². The molecule has 0 fully saturated rings. The third-order valence-corrected chi connectivity index (χ3v) is 5.19. The summed E-state index contributed by atoms with van der Waals surface area (Å²) < 4.78 is 24.1. The first-order valence-electron chi connectivity index (χ1n) is 4.64. The first-order valence-corrected chi connectivity index (χ1v) is 8.39. The van der Waals surface area contributed by atoms with Crippen molar-refractivity contribution in [2.45, 2.75) is 6.42 Å². The molecule has 0 amide bonds. The molecule has 16 heavy (non-hydrogen) atoms. The molecule has 3 nitrogen and oxygen atoms in total. The molecule has 0 atom stereocenters. The Balaban J connectivity index is 2.13. The predicted molar refractivity (Wildman–Crippen MR) is 68.4 cm³/mol. The number of ketones is 1. The summed E-state index contributed by atoms with van der Waals surface area (Å²) in [5.74, 6) is -0.156. The first-order chi connectivity index (χ1) is 7.46. The van der Waals surface area contributed by atoms with E-state index in [0.717, 1.165) is 15.7 Å². The predicted octanol–water partition coefficient (Wildman–Crippen LogP) is 2.58. The lowest BCUT2D eigenvalue weighted by Gasteiger charge is -1.95. The minimum atomic E-state index is -3.06. The highest BCUT2D eigenvalue weighted by Crippen LogP contribution is 2.30. The topological polar surface area (TPSA) is 51.2 Å². The molecule has 2 aromatic heterocycles. The summed E-state index contributed by atoms with van der Waals surface area (Å²) in [6.45, 7) is 0. The molecule has 0 unspecified atom stereocenters. The Hall–Kier alpha value is -0.720. The molecule has 0 N–H and O–H groups in total. The Labute approximate surface area is 102 Å². The quantitative estimate of drug-likeness (QED) is 0.805. The summed E-state index contributed by atoms with van der Waals surface area (Å²) in [5, 5.41) is 1.98. The molecule has 0 aromatic carbocycles. The van der Waals surface area contributed by atoms with Gasteiger partial charge in [0.05, 0.1) is 10.6 Å². The summed E-state index contributed by atoms with van der Waals surface area (Å²) in [6.07, 6.45) is 1.22. The maximum atomic E-state index is 11.7. The van der Waals surface area contributed by atoms with Crippen molar-refractivity contribution < 1.29 is 13.2 Å². The number of hydrogen-bond acceptors (Lipinski definition) is 5. The van der Waals surface area contributed by atoms with Gasteiger partial charge < -0.3 is 0 Å². The van der Waals surface area contributed by atoms with E-state index in [1.165, 1.54) is 11.3 Å². The monoisotopic (exact) mass is 274 g/mol. The van der Waals surface area contributed by atoms with E-state index in [9.17, 15) is 13.2 Å². The van der Waals surface area contributed by atoms with Crippen LogP contribution in [0.1, 0.15) is 16.1 Å². The number of fused-ring (bicyclic) bond motifs is 1. The van der Waals surface area contributed by atoms with Gasteiger partial charge in [-0.3, -0.25) is 4.79 Å². The van der Waals surface area contributed by atoms with Crippen LogP contribution in [0.25, 0.3) is 9.40 Å². The van der Waals surface area contributed by atoms with Crippen LogP contribution >= 0.6 is 22.7 Å². The Morgan fingerprint density at radius 2 is 2.12 bits per heavy atom. The summed E-state index contributed by atoms with van der Waals surface area (Å²) in [4.78, 5) is 12.4. The molecule has 0 aliphatic heterocycles. The van der Waals surface area contributed by atoms with Crippen LogP contribution in [0, 0.1) is 0 Å². The summed E-state index contributed by atoms with van der Waals surface area (Å²) >= 11 is 3.02. The van der Waals surface area contributed by atoms with Gasteiger partial charge in [-0.15, -0.1) is 22.7 Å². The van der Waals surface area contributed by atoms with E-state index < -0.39 is 9.84 Å². The van der Waals surface area contributed by atoms with Crippen LogP contribution in [-0.2, 0) is 9.84 Å². The minimum Gasteiger partial charge on any atom is -0.293 e. The van der Waals surface area contributed by atoms with Crippen molar-refractivity contribution in [1.82, 2.24) is 0 Å². The lowest BCUT2D eigenvalue weighted by molar-refractivity contribution is 0.0993. The highest BCUT2D eigenvalue weighted by atomic mass is 32.2. The van der Waals surface area contributed by atoms with Crippen LogP contribution in [-0.4, -0.2) is 26.2 Å². The van der Waals surface area contributed by atoms with Crippen molar-refractivity contribution in [1.29, 1.82) is 0 Å². The van der Waals surface area contributed by atoms with Crippen LogP contribution in [0.15, 0.2) is 17.5 Å². The second-order valence-corrected chi connectivity index (χ2v) is 7.85. The third-order valence-electron chi connectivity index (χ3n) is 2.11. The van der Waals surface area contributed by atoms with Gasteiger partial charge in [0.1, 0.15) is 9.84 Å². The maximum absolute atomic E-state index is 11.7. The van der Waals surface area contributed by atoms with Gasteiger partial charge in [0.25, 0.3) is 0 Å². The number of carbonyl (C=O) groups is 1. The zero-order chi connectivity index (χ0) is 11.8. The van der Waals surface area contributed by atoms with Gasteiger partial charge >= 0.3 is 0 Å². The van der Waals surface area contributed by atoms with Crippen LogP contribution < -0.4 is 0 Å². The van der Waals surface area contributed by atoms with E-state index in [0.29, 0.717) is 4.88 Å². The molecule has 6 heteroatoms. The number of hydrogen-bond donors (Lipinski definition) is 0. The second kappa shape index (κ2) is 4.27. The van der Waals surface area contributed by atoms with Gasteiger partial charge in [-0.2, -0.15) is 0 Å². The Kier molecular flexibility index (Phi) is 3.14. The third kappa shape index (κ3) is 2.69. The molecule has 0 spiro atoms. The Morgan fingerprint density at radius 1 is 1.38 bits per heavy atom. The number of rotatable bonds is 4. The molecule has 2 rings (SSSR count). The molecule has 0 bridgehead atoms. The molecule has 0 aliphatic rings. The fourth-order valence-corrected chi connectivity index (χ4v) is 3.94. The van der Waals surface area contributed by atoms with Crippen LogP contribution in [0.4, 0.5) is 0 Å². The average molecular weight is 274 g/mol.